The predicted molar refractivity (Wildman–Crippen MR) is 65.1 cm³/mol. The van der Waals surface area contributed by atoms with Gasteiger partial charge in [0.05, 0.1) is 0 Å². The lowest BCUT2D eigenvalue weighted by Gasteiger charge is -2.19. The minimum atomic E-state index is -1.70. The molecule has 0 bridgehead atoms. The summed E-state index contributed by atoms with van der Waals surface area (Å²) in [7, 11) is -1.70. The second kappa shape index (κ2) is 5.62. The molecule has 0 aromatic carbocycles. The summed E-state index contributed by atoms with van der Waals surface area (Å²) < 4.78 is 10.4. The molecule has 17 heavy (non-hydrogen) atoms. The average Bonchev–Trinajstić information content (AvgIpc) is 2.69. The van der Waals surface area contributed by atoms with Gasteiger partial charge in [0.2, 0.25) is 5.91 Å². The molecular formula is C11H19NO4S. The first-order valence-corrected chi connectivity index (χ1v) is 7.07. The van der Waals surface area contributed by atoms with Crippen molar-refractivity contribution >= 4 is 22.7 Å². The monoisotopic (exact) mass is 261 g/mol. The van der Waals surface area contributed by atoms with Gasteiger partial charge in [-0.05, 0) is 26.7 Å². The molecule has 1 saturated carbocycles. The number of nitrogens with one attached hydrogen (secondary N) is 1. The minimum absolute atomic E-state index is 0.174. The highest BCUT2D eigenvalue weighted by Gasteiger charge is 2.35. The Balaban J connectivity index is 2.45. The van der Waals surface area contributed by atoms with E-state index in [1.165, 1.54) is 13.8 Å². The average molecular weight is 261 g/mol. The molecule has 5 nitrogen and oxygen atoms in total. The Morgan fingerprint density at radius 1 is 1.35 bits per heavy atom. The number of rotatable bonds is 5. The molecule has 1 rings (SSSR count). The Morgan fingerprint density at radius 2 is 1.88 bits per heavy atom. The summed E-state index contributed by atoms with van der Waals surface area (Å²) in [4.78, 5) is 22.4. The highest BCUT2D eigenvalue weighted by molar-refractivity contribution is 7.87. The van der Waals surface area contributed by atoms with Crippen molar-refractivity contribution in [2.75, 3.05) is 5.75 Å². The van der Waals surface area contributed by atoms with E-state index in [0.29, 0.717) is 0 Å². The lowest BCUT2D eigenvalue weighted by molar-refractivity contribution is -0.139. The third-order valence-electron chi connectivity index (χ3n) is 3.07. The van der Waals surface area contributed by atoms with E-state index in [-0.39, 0.29) is 17.7 Å². The molecule has 1 atom stereocenters. The second-order valence-electron chi connectivity index (χ2n) is 4.85. The van der Waals surface area contributed by atoms with Gasteiger partial charge in [0.25, 0.3) is 0 Å². The van der Waals surface area contributed by atoms with Crippen molar-refractivity contribution < 1.29 is 18.9 Å². The largest absolute Gasteiger partial charge is 0.480 e. The quantitative estimate of drug-likeness (QED) is 0.761. The first kappa shape index (κ1) is 14.2. The van der Waals surface area contributed by atoms with Gasteiger partial charge in [-0.15, -0.1) is 0 Å². The Bertz CT molecular complexity index is 334. The van der Waals surface area contributed by atoms with Crippen molar-refractivity contribution in [3.05, 3.63) is 0 Å². The van der Waals surface area contributed by atoms with Crippen LogP contribution in [0.5, 0.6) is 0 Å². The Morgan fingerprint density at radius 3 is 2.35 bits per heavy atom. The van der Waals surface area contributed by atoms with E-state index in [4.69, 9.17) is 5.11 Å². The van der Waals surface area contributed by atoms with Crippen molar-refractivity contribution in [2.45, 2.75) is 50.3 Å². The Hall–Kier alpha value is -0.910. The molecular weight excluding hydrogens is 242 g/mol. The van der Waals surface area contributed by atoms with Gasteiger partial charge in [-0.2, -0.15) is 0 Å². The number of hydrogen-bond acceptors (Lipinski definition) is 3. The van der Waals surface area contributed by atoms with Gasteiger partial charge in [0, 0.05) is 16.8 Å². The van der Waals surface area contributed by atoms with Crippen LogP contribution < -0.4 is 5.32 Å². The first-order valence-electron chi connectivity index (χ1n) is 5.75. The molecule has 1 unspecified atom stereocenters. The maximum atomic E-state index is 11.8. The third-order valence-corrected chi connectivity index (χ3v) is 4.90. The zero-order valence-corrected chi connectivity index (χ0v) is 11.0. The van der Waals surface area contributed by atoms with Crippen molar-refractivity contribution in [1.82, 2.24) is 5.32 Å². The van der Waals surface area contributed by atoms with Crippen LogP contribution in [-0.4, -0.2) is 37.7 Å². The zero-order valence-electron chi connectivity index (χ0n) is 10.2. The smallest absolute Gasteiger partial charge is 0.321 e. The van der Waals surface area contributed by atoms with Crippen LogP contribution in [0.3, 0.4) is 0 Å². The summed E-state index contributed by atoms with van der Waals surface area (Å²) in [6.45, 7) is 2.74. The number of aliphatic carboxylic acids is 1. The lowest BCUT2D eigenvalue weighted by Crippen LogP contribution is -2.43. The third kappa shape index (κ3) is 3.80. The Labute approximate surface area is 103 Å². The van der Waals surface area contributed by atoms with E-state index in [2.05, 4.69) is 5.32 Å². The standard InChI is InChI=1S/C11H19NO4S/c1-11(2,10(14)15)17(16)7-9(13)12-8-5-3-4-6-8/h8H,3-7H2,1-2H3,(H,12,13)(H,14,15). The maximum absolute atomic E-state index is 11.8. The van der Waals surface area contributed by atoms with Crippen molar-refractivity contribution in [3.63, 3.8) is 0 Å². The fraction of sp³-hybridized carbons (Fsp3) is 0.818. The van der Waals surface area contributed by atoms with Crippen LogP contribution in [0.15, 0.2) is 0 Å². The fourth-order valence-electron chi connectivity index (χ4n) is 1.74. The van der Waals surface area contributed by atoms with E-state index in [1.54, 1.807) is 0 Å². The van der Waals surface area contributed by atoms with Gasteiger partial charge in [-0.3, -0.25) is 13.8 Å². The summed E-state index contributed by atoms with van der Waals surface area (Å²) in [5, 5.41) is 11.7. The number of carboxylic acids is 1. The topological polar surface area (TPSA) is 83.5 Å². The van der Waals surface area contributed by atoms with Crippen LogP contribution in [0.1, 0.15) is 39.5 Å². The summed E-state index contributed by atoms with van der Waals surface area (Å²) in [6.07, 6.45) is 4.13. The number of hydrogen-bond donors (Lipinski definition) is 2. The summed E-state index contributed by atoms with van der Waals surface area (Å²) in [6, 6.07) is 0.174. The van der Waals surface area contributed by atoms with E-state index in [9.17, 15) is 13.8 Å². The molecule has 0 aromatic rings. The molecule has 0 aliphatic heterocycles. The summed E-state index contributed by atoms with van der Waals surface area (Å²) in [5.74, 6) is -1.70. The first-order chi connectivity index (χ1) is 7.84. The predicted octanol–water partition coefficient (Wildman–Crippen LogP) is 0.657. The van der Waals surface area contributed by atoms with E-state index in [1.807, 2.05) is 0 Å². The van der Waals surface area contributed by atoms with Gasteiger partial charge < -0.3 is 10.4 Å². The Kier molecular flexibility index (Phi) is 4.68. The van der Waals surface area contributed by atoms with E-state index >= 15 is 0 Å². The van der Waals surface area contributed by atoms with Gasteiger partial charge in [0.1, 0.15) is 10.5 Å². The SMILES string of the molecule is CC(C)(C(=O)O)S(=O)CC(=O)NC1CCCC1. The maximum Gasteiger partial charge on any atom is 0.321 e. The normalized spacial score (nSPS) is 18.9. The van der Waals surface area contributed by atoms with Crippen molar-refractivity contribution in [2.24, 2.45) is 0 Å². The lowest BCUT2D eigenvalue weighted by atomic mass is 10.2. The molecule has 2 N–H and O–H groups in total. The number of carbonyl (C=O) groups is 2. The van der Waals surface area contributed by atoms with Gasteiger partial charge >= 0.3 is 5.97 Å². The van der Waals surface area contributed by atoms with Crippen LogP contribution in [0.2, 0.25) is 0 Å². The molecule has 1 aliphatic rings. The van der Waals surface area contributed by atoms with Crippen molar-refractivity contribution in [3.8, 4) is 0 Å². The second-order valence-corrected chi connectivity index (χ2v) is 6.85. The molecule has 0 heterocycles. The molecule has 1 amide bonds. The van der Waals surface area contributed by atoms with Crippen LogP contribution >= 0.6 is 0 Å². The van der Waals surface area contributed by atoms with Crippen LogP contribution in [0.25, 0.3) is 0 Å². The van der Waals surface area contributed by atoms with E-state index in [0.717, 1.165) is 25.7 Å². The van der Waals surface area contributed by atoms with Gasteiger partial charge in [-0.25, -0.2) is 0 Å². The van der Waals surface area contributed by atoms with Gasteiger partial charge in [0.15, 0.2) is 0 Å². The molecule has 1 aliphatic carbocycles. The molecule has 0 saturated heterocycles. The van der Waals surface area contributed by atoms with Crippen LogP contribution in [-0.2, 0) is 20.4 Å². The zero-order chi connectivity index (χ0) is 13.1. The van der Waals surface area contributed by atoms with Gasteiger partial charge in [-0.1, -0.05) is 12.8 Å². The number of carboxylic acid groups (broad SMARTS) is 1. The summed E-state index contributed by atoms with van der Waals surface area (Å²) >= 11 is 0. The molecule has 0 spiro atoms. The summed E-state index contributed by atoms with van der Waals surface area (Å²) in [5.41, 5.74) is 0. The highest BCUT2D eigenvalue weighted by atomic mass is 32.2. The molecule has 98 valence electrons. The number of amides is 1. The molecule has 0 aromatic heterocycles. The minimum Gasteiger partial charge on any atom is -0.480 e. The van der Waals surface area contributed by atoms with Crippen molar-refractivity contribution in [1.29, 1.82) is 0 Å². The molecule has 1 fully saturated rings. The highest BCUT2D eigenvalue weighted by Crippen LogP contribution is 2.18. The van der Waals surface area contributed by atoms with Crippen LogP contribution in [0, 0.1) is 0 Å². The molecule has 6 heteroatoms. The van der Waals surface area contributed by atoms with Crippen LogP contribution in [0.4, 0.5) is 0 Å². The molecule has 0 radical (unpaired) electrons. The number of carbonyl (C=O) groups excluding carboxylic acids is 1. The van der Waals surface area contributed by atoms with E-state index < -0.39 is 21.5 Å². The fourth-order valence-corrected chi connectivity index (χ4v) is 2.61.